The Kier molecular flexibility index (Phi) is 5.45. The first kappa shape index (κ1) is 14.9. The molecule has 0 fully saturated rings. The molecule has 2 aromatic carbocycles. The summed E-state index contributed by atoms with van der Waals surface area (Å²) >= 11 is 5.95. The average molecular weight is 290 g/mol. The maximum absolute atomic E-state index is 5.95. The Morgan fingerprint density at radius 3 is 2.75 bits per heavy atom. The molecule has 0 bridgehead atoms. The minimum Gasteiger partial charge on any atom is -0.457 e. The van der Waals surface area contributed by atoms with Gasteiger partial charge >= 0.3 is 0 Å². The van der Waals surface area contributed by atoms with Crippen LogP contribution in [0.1, 0.15) is 24.5 Å². The zero-order chi connectivity index (χ0) is 14.4. The highest BCUT2D eigenvalue weighted by atomic mass is 35.5. The van der Waals surface area contributed by atoms with Crippen LogP contribution in [0.25, 0.3) is 0 Å². The van der Waals surface area contributed by atoms with Gasteiger partial charge in [0, 0.05) is 11.6 Å². The van der Waals surface area contributed by atoms with Gasteiger partial charge in [-0.15, -0.1) is 0 Å². The number of rotatable bonds is 6. The van der Waals surface area contributed by atoms with Gasteiger partial charge in [-0.25, -0.2) is 0 Å². The SMILES string of the molecule is CCCNCc1cccc(Oc2ccc(Cl)cc2C)c1. The largest absolute Gasteiger partial charge is 0.457 e. The molecule has 3 heteroatoms. The van der Waals surface area contributed by atoms with Crippen molar-refractivity contribution in [1.82, 2.24) is 5.32 Å². The summed E-state index contributed by atoms with van der Waals surface area (Å²) in [7, 11) is 0. The van der Waals surface area contributed by atoms with Gasteiger partial charge in [-0.2, -0.15) is 0 Å². The molecule has 106 valence electrons. The van der Waals surface area contributed by atoms with Crippen LogP contribution in [0.15, 0.2) is 42.5 Å². The standard InChI is InChI=1S/C17H20ClNO/c1-3-9-19-12-14-5-4-6-16(11-14)20-17-8-7-15(18)10-13(17)2/h4-8,10-11,19H,3,9,12H2,1-2H3. The van der Waals surface area contributed by atoms with Gasteiger partial charge in [0.1, 0.15) is 11.5 Å². The third-order valence-electron chi connectivity index (χ3n) is 3.02. The molecule has 0 radical (unpaired) electrons. The van der Waals surface area contributed by atoms with Gasteiger partial charge in [0.15, 0.2) is 0 Å². The Hall–Kier alpha value is -1.51. The van der Waals surface area contributed by atoms with Crippen LogP contribution < -0.4 is 10.1 Å². The number of hydrogen-bond donors (Lipinski definition) is 1. The second kappa shape index (κ2) is 7.32. The number of ether oxygens (including phenoxy) is 1. The zero-order valence-corrected chi connectivity index (χ0v) is 12.7. The quantitative estimate of drug-likeness (QED) is 0.761. The molecule has 0 amide bonds. The van der Waals surface area contributed by atoms with Crippen molar-refractivity contribution in [2.24, 2.45) is 0 Å². The number of benzene rings is 2. The fourth-order valence-electron chi connectivity index (χ4n) is 1.98. The Labute approximate surface area is 125 Å². The van der Waals surface area contributed by atoms with Gasteiger partial charge in [0.05, 0.1) is 0 Å². The van der Waals surface area contributed by atoms with Crippen LogP contribution in [-0.2, 0) is 6.54 Å². The molecule has 0 spiro atoms. The lowest BCUT2D eigenvalue weighted by Gasteiger charge is -2.10. The number of nitrogens with one attached hydrogen (secondary N) is 1. The first-order chi connectivity index (χ1) is 9.69. The van der Waals surface area contributed by atoms with Crippen LogP contribution in [0, 0.1) is 6.92 Å². The van der Waals surface area contributed by atoms with Gasteiger partial charge in [-0.05, 0) is 61.3 Å². The molecular formula is C17H20ClNO. The lowest BCUT2D eigenvalue weighted by molar-refractivity contribution is 0.478. The minimum atomic E-state index is 0.729. The van der Waals surface area contributed by atoms with Crippen molar-refractivity contribution < 1.29 is 4.74 Å². The van der Waals surface area contributed by atoms with E-state index in [2.05, 4.69) is 24.4 Å². The van der Waals surface area contributed by atoms with E-state index in [1.807, 2.05) is 37.3 Å². The van der Waals surface area contributed by atoms with E-state index in [1.54, 1.807) is 0 Å². The molecule has 0 saturated carbocycles. The molecule has 0 aliphatic rings. The third-order valence-corrected chi connectivity index (χ3v) is 3.25. The highest BCUT2D eigenvalue weighted by molar-refractivity contribution is 6.30. The summed E-state index contributed by atoms with van der Waals surface area (Å²) < 4.78 is 5.92. The molecule has 0 saturated heterocycles. The predicted molar refractivity (Wildman–Crippen MR) is 84.7 cm³/mol. The topological polar surface area (TPSA) is 21.3 Å². The van der Waals surface area contributed by atoms with Crippen LogP contribution in [0.5, 0.6) is 11.5 Å². The van der Waals surface area contributed by atoms with Crippen molar-refractivity contribution in [2.75, 3.05) is 6.54 Å². The van der Waals surface area contributed by atoms with E-state index in [0.717, 1.165) is 41.6 Å². The molecule has 2 nitrogen and oxygen atoms in total. The maximum atomic E-state index is 5.95. The van der Waals surface area contributed by atoms with Crippen LogP contribution in [0.2, 0.25) is 5.02 Å². The highest BCUT2D eigenvalue weighted by Crippen LogP contribution is 2.27. The third kappa shape index (κ3) is 4.26. The minimum absolute atomic E-state index is 0.729. The molecule has 0 atom stereocenters. The van der Waals surface area contributed by atoms with E-state index in [9.17, 15) is 0 Å². The molecular weight excluding hydrogens is 270 g/mol. The van der Waals surface area contributed by atoms with Gasteiger partial charge in [0.2, 0.25) is 0 Å². The van der Waals surface area contributed by atoms with Crippen molar-refractivity contribution in [1.29, 1.82) is 0 Å². The van der Waals surface area contributed by atoms with Crippen LogP contribution >= 0.6 is 11.6 Å². The molecule has 0 aliphatic carbocycles. The van der Waals surface area contributed by atoms with Gasteiger partial charge in [0.25, 0.3) is 0 Å². The highest BCUT2D eigenvalue weighted by Gasteiger charge is 2.03. The van der Waals surface area contributed by atoms with Crippen molar-refractivity contribution in [2.45, 2.75) is 26.8 Å². The lowest BCUT2D eigenvalue weighted by atomic mass is 10.2. The Bertz CT molecular complexity index is 569. The number of aryl methyl sites for hydroxylation is 1. The maximum Gasteiger partial charge on any atom is 0.130 e. The van der Waals surface area contributed by atoms with Crippen molar-refractivity contribution in [3.05, 3.63) is 58.6 Å². The van der Waals surface area contributed by atoms with Crippen molar-refractivity contribution >= 4 is 11.6 Å². The summed E-state index contributed by atoms with van der Waals surface area (Å²) in [5.74, 6) is 1.69. The van der Waals surface area contributed by atoms with Crippen molar-refractivity contribution in [3.63, 3.8) is 0 Å². The van der Waals surface area contributed by atoms with Gasteiger partial charge in [-0.1, -0.05) is 30.7 Å². The summed E-state index contributed by atoms with van der Waals surface area (Å²) in [6.45, 7) is 6.05. The lowest BCUT2D eigenvalue weighted by Crippen LogP contribution is -2.13. The Balaban J connectivity index is 2.07. The monoisotopic (exact) mass is 289 g/mol. The molecule has 2 aromatic rings. The Morgan fingerprint density at radius 2 is 2.00 bits per heavy atom. The summed E-state index contributed by atoms with van der Waals surface area (Å²) in [4.78, 5) is 0. The van der Waals surface area contributed by atoms with E-state index in [-0.39, 0.29) is 0 Å². The molecule has 0 heterocycles. The van der Waals surface area contributed by atoms with Crippen LogP contribution in [0.4, 0.5) is 0 Å². The van der Waals surface area contributed by atoms with E-state index in [0.29, 0.717) is 0 Å². The van der Waals surface area contributed by atoms with Gasteiger partial charge < -0.3 is 10.1 Å². The molecule has 0 unspecified atom stereocenters. The molecule has 20 heavy (non-hydrogen) atoms. The van der Waals surface area contributed by atoms with E-state index in [4.69, 9.17) is 16.3 Å². The van der Waals surface area contributed by atoms with Crippen LogP contribution in [0.3, 0.4) is 0 Å². The van der Waals surface area contributed by atoms with E-state index < -0.39 is 0 Å². The summed E-state index contributed by atoms with van der Waals surface area (Å²) in [5, 5.41) is 4.12. The molecule has 1 N–H and O–H groups in total. The smallest absolute Gasteiger partial charge is 0.130 e. The zero-order valence-electron chi connectivity index (χ0n) is 11.9. The van der Waals surface area contributed by atoms with E-state index in [1.165, 1.54) is 5.56 Å². The second-order valence-corrected chi connectivity index (χ2v) is 5.27. The molecule has 0 aliphatic heterocycles. The predicted octanol–water partition coefficient (Wildman–Crippen LogP) is 4.94. The fourth-order valence-corrected chi connectivity index (χ4v) is 2.21. The fraction of sp³-hybridized carbons (Fsp3) is 0.294. The normalized spacial score (nSPS) is 10.6. The first-order valence-electron chi connectivity index (χ1n) is 6.92. The Morgan fingerprint density at radius 1 is 1.15 bits per heavy atom. The van der Waals surface area contributed by atoms with E-state index >= 15 is 0 Å². The first-order valence-corrected chi connectivity index (χ1v) is 7.30. The number of hydrogen-bond acceptors (Lipinski definition) is 2. The summed E-state index contributed by atoms with van der Waals surface area (Å²) in [6, 6.07) is 13.8. The summed E-state index contributed by atoms with van der Waals surface area (Å²) in [5.41, 5.74) is 2.26. The molecule has 2 rings (SSSR count). The summed E-state index contributed by atoms with van der Waals surface area (Å²) in [6.07, 6.45) is 1.14. The number of halogens is 1. The van der Waals surface area contributed by atoms with Gasteiger partial charge in [-0.3, -0.25) is 0 Å². The van der Waals surface area contributed by atoms with Crippen molar-refractivity contribution in [3.8, 4) is 11.5 Å². The molecule has 0 aromatic heterocycles. The van der Waals surface area contributed by atoms with Crippen LogP contribution in [-0.4, -0.2) is 6.54 Å². The second-order valence-electron chi connectivity index (χ2n) is 4.84. The average Bonchev–Trinajstić information content (AvgIpc) is 2.43.